The van der Waals surface area contributed by atoms with Crippen molar-refractivity contribution in [3.8, 4) is 17.1 Å². The quantitative estimate of drug-likeness (QED) is 0.0869. The van der Waals surface area contributed by atoms with Crippen molar-refractivity contribution in [1.29, 1.82) is 0 Å². The minimum atomic E-state index is -1.13. The number of aromatic nitrogens is 3. The highest BCUT2D eigenvalue weighted by Gasteiger charge is 2.19. The molecule has 0 aliphatic carbocycles. The maximum Gasteiger partial charge on any atom is 0.342 e. The van der Waals surface area contributed by atoms with Crippen LogP contribution in [0, 0.1) is 10.1 Å². The first-order chi connectivity index (χ1) is 18.2. The average Bonchev–Trinajstić information content (AvgIpc) is 3.31. The van der Waals surface area contributed by atoms with E-state index in [0.717, 1.165) is 27.4 Å². The Balaban J connectivity index is 1.61. The third-order valence-corrected chi connectivity index (χ3v) is 7.09. The SMILES string of the molecule is CCn1c(S/C(=C\c2cc(Br)ccc2OCc2ccc([N+](=O)[O-])cc2)C(=O)O)nnc1-c1ccc(Cl)cc1. The lowest BCUT2D eigenvalue weighted by atomic mass is 10.2. The van der Waals surface area contributed by atoms with Gasteiger partial charge in [-0.1, -0.05) is 27.5 Å². The predicted molar refractivity (Wildman–Crippen MR) is 149 cm³/mol. The van der Waals surface area contributed by atoms with E-state index in [-0.39, 0.29) is 17.2 Å². The van der Waals surface area contributed by atoms with Crippen molar-refractivity contribution < 1.29 is 19.6 Å². The summed E-state index contributed by atoms with van der Waals surface area (Å²) < 4.78 is 8.51. The molecule has 0 bridgehead atoms. The van der Waals surface area contributed by atoms with Gasteiger partial charge in [-0.2, -0.15) is 0 Å². The Bertz CT molecular complexity index is 1510. The van der Waals surface area contributed by atoms with Crippen LogP contribution in [0.4, 0.5) is 5.69 Å². The molecule has 4 aromatic rings. The van der Waals surface area contributed by atoms with Crippen LogP contribution in [0.2, 0.25) is 5.02 Å². The van der Waals surface area contributed by atoms with Gasteiger partial charge >= 0.3 is 5.97 Å². The zero-order valence-electron chi connectivity index (χ0n) is 19.9. The Morgan fingerprint density at radius 3 is 2.50 bits per heavy atom. The highest BCUT2D eigenvalue weighted by Crippen LogP contribution is 2.33. The third kappa shape index (κ3) is 6.60. The summed E-state index contributed by atoms with van der Waals surface area (Å²) in [7, 11) is 0. The highest BCUT2D eigenvalue weighted by molar-refractivity contribution is 9.10. The Kier molecular flexibility index (Phi) is 8.82. The van der Waals surface area contributed by atoms with E-state index in [1.165, 1.54) is 18.2 Å². The van der Waals surface area contributed by atoms with Gasteiger partial charge in [0.1, 0.15) is 17.3 Å². The molecule has 0 saturated carbocycles. The molecule has 0 fully saturated rings. The summed E-state index contributed by atoms with van der Waals surface area (Å²) in [4.78, 5) is 22.7. The molecule has 0 atom stereocenters. The van der Waals surface area contributed by atoms with Crippen LogP contribution in [0.1, 0.15) is 18.1 Å². The summed E-state index contributed by atoms with van der Waals surface area (Å²) in [6, 6.07) is 18.5. The van der Waals surface area contributed by atoms with Crippen molar-refractivity contribution in [3.05, 3.63) is 102 Å². The predicted octanol–water partition coefficient (Wildman–Crippen LogP) is 7.09. The van der Waals surface area contributed by atoms with Gasteiger partial charge in [0.15, 0.2) is 11.0 Å². The van der Waals surface area contributed by atoms with Gasteiger partial charge in [-0.25, -0.2) is 4.79 Å². The monoisotopic (exact) mass is 614 g/mol. The number of carboxylic acids is 1. The first-order valence-electron chi connectivity index (χ1n) is 11.2. The number of halogens is 2. The number of hydrogen-bond acceptors (Lipinski definition) is 7. The largest absolute Gasteiger partial charge is 0.488 e. The minimum absolute atomic E-state index is 0.0108. The fraction of sp³-hybridized carbons (Fsp3) is 0.115. The minimum Gasteiger partial charge on any atom is -0.488 e. The van der Waals surface area contributed by atoms with Gasteiger partial charge in [0, 0.05) is 39.3 Å². The molecule has 0 saturated heterocycles. The van der Waals surface area contributed by atoms with Gasteiger partial charge in [-0.3, -0.25) is 10.1 Å². The van der Waals surface area contributed by atoms with E-state index >= 15 is 0 Å². The van der Waals surface area contributed by atoms with Crippen molar-refractivity contribution >= 4 is 57.0 Å². The normalized spacial score (nSPS) is 11.4. The molecular formula is C26H20BrClN4O5S. The number of nitro benzene ring substituents is 1. The summed E-state index contributed by atoms with van der Waals surface area (Å²) >= 11 is 10.4. The molecule has 0 radical (unpaired) electrons. The van der Waals surface area contributed by atoms with Crippen LogP contribution in [-0.4, -0.2) is 30.8 Å². The van der Waals surface area contributed by atoms with E-state index in [2.05, 4.69) is 26.1 Å². The Morgan fingerprint density at radius 2 is 1.87 bits per heavy atom. The molecule has 194 valence electrons. The number of non-ortho nitro benzene ring substituents is 1. The molecule has 9 nitrogen and oxygen atoms in total. The maximum absolute atomic E-state index is 12.2. The maximum atomic E-state index is 12.2. The zero-order valence-corrected chi connectivity index (χ0v) is 23.0. The van der Waals surface area contributed by atoms with Gasteiger partial charge in [-0.15, -0.1) is 10.2 Å². The van der Waals surface area contributed by atoms with E-state index in [4.69, 9.17) is 16.3 Å². The highest BCUT2D eigenvalue weighted by atomic mass is 79.9. The van der Waals surface area contributed by atoms with Gasteiger partial charge in [0.05, 0.1) is 4.92 Å². The number of carbonyl (C=O) groups is 1. The number of ether oxygens (including phenoxy) is 1. The molecule has 12 heteroatoms. The van der Waals surface area contributed by atoms with Crippen molar-refractivity contribution in [2.45, 2.75) is 25.2 Å². The van der Waals surface area contributed by atoms with Gasteiger partial charge in [-0.05, 0) is 84.9 Å². The Morgan fingerprint density at radius 1 is 1.16 bits per heavy atom. The molecule has 0 aliphatic rings. The average molecular weight is 616 g/mol. The van der Waals surface area contributed by atoms with E-state index in [0.29, 0.717) is 33.9 Å². The van der Waals surface area contributed by atoms with Gasteiger partial charge < -0.3 is 14.4 Å². The first kappa shape index (κ1) is 27.4. The van der Waals surface area contributed by atoms with E-state index in [9.17, 15) is 20.0 Å². The smallest absolute Gasteiger partial charge is 0.342 e. The second-order valence-corrected chi connectivity index (χ2v) is 10.2. The van der Waals surface area contributed by atoms with Crippen molar-refractivity contribution in [2.75, 3.05) is 0 Å². The number of aliphatic carboxylic acids is 1. The fourth-order valence-corrected chi connectivity index (χ4v) is 4.86. The molecule has 0 amide bonds. The molecule has 4 rings (SSSR count). The third-order valence-electron chi connectivity index (χ3n) is 5.35. The standard InChI is InChI=1S/C26H20BrClN4O5S/c1-2-31-24(17-5-8-20(28)9-6-17)29-30-26(31)38-23(25(33)34)14-18-13-19(27)7-12-22(18)37-15-16-3-10-21(11-4-16)32(35)36/h3-14H,2,15H2,1H3,(H,33,34)/b23-14-. The zero-order chi connectivity index (χ0) is 27.2. The van der Waals surface area contributed by atoms with Crippen LogP contribution in [-0.2, 0) is 17.9 Å². The number of rotatable bonds is 10. The van der Waals surface area contributed by atoms with Gasteiger partial charge in [0.25, 0.3) is 5.69 Å². The van der Waals surface area contributed by atoms with Crippen molar-refractivity contribution in [3.63, 3.8) is 0 Å². The molecule has 1 aromatic heterocycles. The number of carboxylic acid groups (broad SMARTS) is 1. The number of nitrogens with zero attached hydrogens (tertiary/aromatic N) is 4. The van der Waals surface area contributed by atoms with Crippen LogP contribution in [0.5, 0.6) is 5.75 Å². The van der Waals surface area contributed by atoms with Crippen LogP contribution < -0.4 is 4.74 Å². The molecule has 3 aromatic carbocycles. The second-order valence-electron chi connectivity index (χ2n) is 7.87. The molecule has 0 aliphatic heterocycles. The summed E-state index contributed by atoms with van der Waals surface area (Å²) in [6.07, 6.45) is 1.51. The van der Waals surface area contributed by atoms with Crippen LogP contribution in [0.3, 0.4) is 0 Å². The number of nitro groups is 1. The molecule has 0 spiro atoms. The van der Waals surface area contributed by atoms with Gasteiger partial charge in [0.2, 0.25) is 0 Å². The summed E-state index contributed by atoms with van der Waals surface area (Å²) in [5.41, 5.74) is 2.06. The number of hydrogen-bond donors (Lipinski definition) is 1. The lowest BCUT2D eigenvalue weighted by molar-refractivity contribution is -0.384. The lowest BCUT2D eigenvalue weighted by Crippen LogP contribution is -2.03. The lowest BCUT2D eigenvalue weighted by Gasteiger charge is -2.11. The molecule has 1 N–H and O–H groups in total. The molecule has 1 heterocycles. The van der Waals surface area contributed by atoms with E-state index in [1.807, 2.05) is 23.6 Å². The van der Waals surface area contributed by atoms with Crippen LogP contribution in [0.15, 0.2) is 81.3 Å². The topological polar surface area (TPSA) is 120 Å². The Hall–Kier alpha value is -3.67. The molecule has 38 heavy (non-hydrogen) atoms. The number of benzene rings is 3. The van der Waals surface area contributed by atoms with Crippen LogP contribution in [0.25, 0.3) is 17.5 Å². The van der Waals surface area contributed by atoms with Crippen molar-refractivity contribution in [2.24, 2.45) is 0 Å². The molecular weight excluding hydrogens is 596 g/mol. The van der Waals surface area contributed by atoms with E-state index in [1.54, 1.807) is 42.5 Å². The van der Waals surface area contributed by atoms with Crippen LogP contribution >= 0.6 is 39.3 Å². The fourth-order valence-electron chi connectivity index (χ4n) is 3.47. The number of thioether (sulfide) groups is 1. The van der Waals surface area contributed by atoms with Crippen molar-refractivity contribution in [1.82, 2.24) is 14.8 Å². The summed E-state index contributed by atoms with van der Waals surface area (Å²) in [5, 5.41) is 30.4. The molecule has 0 unspecified atom stereocenters. The second kappa shape index (κ2) is 12.2. The van der Waals surface area contributed by atoms with E-state index < -0.39 is 10.9 Å². The first-order valence-corrected chi connectivity index (χ1v) is 13.2. The Labute approximate surface area is 235 Å². The summed E-state index contributed by atoms with van der Waals surface area (Å²) in [5.74, 6) is -0.0781. The summed E-state index contributed by atoms with van der Waals surface area (Å²) in [6.45, 7) is 2.60.